The van der Waals surface area contributed by atoms with E-state index in [1.54, 1.807) is 32.0 Å². The zero-order chi connectivity index (χ0) is 33.0. The standard InChI is InChI=1S/C32H28F6N2O4/c1-18-7-5-9-22(15-18)28(43)39-21(4)26(41)13-11-20(3)30(31(33,34)35,32(36,37)38)24-12-14-27(42)25(17-24)40-29(44)23-10-6-8-19(2)16-23/h5-17,41-42H,4H2,1-3H3,(H,39,43)(H,40,44)/b20-11+,26-13+. The summed E-state index contributed by atoms with van der Waals surface area (Å²) in [6.07, 6.45) is -11.0. The second kappa shape index (κ2) is 12.7. The van der Waals surface area contributed by atoms with Crippen molar-refractivity contribution in [1.29, 1.82) is 0 Å². The number of hydrogen-bond donors (Lipinski definition) is 4. The number of nitrogens with one attached hydrogen (secondary N) is 2. The first kappa shape index (κ1) is 33.5. The smallest absolute Gasteiger partial charge is 0.410 e. The molecule has 0 aliphatic rings. The van der Waals surface area contributed by atoms with Crippen molar-refractivity contribution in [1.82, 2.24) is 5.32 Å². The van der Waals surface area contributed by atoms with E-state index >= 15 is 0 Å². The molecular formula is C32H28F6N2O4. The molecule has 0 saturated carbocycles. The van der Waals surface area contributed by atoms with Crippen LogP contribution in [0.1, 0.15) is 44.3 Å². The molecule has 3 aromatic rings. The Morgan fingerprint density at radius 1 is 0.795 bits per heavy atom. The zero-order valence-corrected chi connectivity index (χ0v) is 23.7. The number of aryl methyl sites for hydroxylation is 2. The fourth-order valence-electron chi connectivity index (χ4n) is 4.50. The number of anilines is 1. The molecule has 0 aliphatic heterocycles. The van der Waals surface area contributed by atoms with Gasteiger partial charge in [-0.3, -0.25) is 9.59 Å². The lowest BCUT2D eigenvalue weighted by molar-refractivity contribution is -0.289. The van der Waals surface area contributed by atoms with E-state index < -0.39 is 63.6 Å². The van der Waals surface area contributed by atoms with Gasteiger partial charge in [-0.1, -0.05) is 54.1 Å². The highest BCUT2D eigenvalue weighted by Crippen LogP contribution is 2.57. The summed E-state index contributed by atoms with van der Waals surface area (Å²) in [6, 6.07) is 13.7. The van der Waals surface area contributed by atoms with Gasteiger partial charge in [0.2, 0.25) is 5.41 Å². The number of carbonyl (C=O) groups is 2. The molecule has 3 aromatic carbocycles. The van der Waals surface area contributed by atoms with Crippen LogP contribution in [0.15, 0.2) is 102 Å². The number of phenolic OH excluding ortho intramolecular Hbond substituents is 1. The first-order valence-electron chi connectivity index (χ1n) is 12.9. The molecule has 0 unspecified atom stereocenters. The van der Waals surface area contributed by atoms with Crippen molar-refractivity contribution in [2.24, 2.45) is 0 Å². The molecule has 0 heterocycles. The number of amides is 2. The summed E-state index contributed by atoms with van der Waals surface area (Å²) in [4.78, 5) is 25.1. The molecule has 0 bridgehead atoms. The number of rotatable bonds is 8. The minimum atomic E-state index is -5.99. The van der Waals surface area contributed by atoms with E-state index in [1.807, 2.05) is 0 Å². The van der Waals surface area contributed by atoms with Gasteiger partial charge in [0, 0.05) is 11.1 Å². The molecule has 12 heteroatoms. The zero-order valence-electron chi connectivity index (χ0n) is 23.7. The average Bonchev–Trinajstić information content (AvgIpc) is 2.92. The summed E-state index contributed by atoms with van der Waals surface area (Å²) in [7, 11) is 0. The predicted molar refractivity (Wildman–Crippen MR) is 153 cm³/mol. The third kappa shape index (κ3) is 6.96. The number of phenols is 1. The van der Waals surface area contributed by atoms with Crippen LogP contribution in [0.4, 0.5) is 32.0 Å². The first-order chi connectivity index (χ1) is 20.4. The van der Waals surface area contributed by atoms with Crippen LogP contribution in [0.3, 0.4) is 0 Å². The second-order valence-corrected chi connectivity index (χ2v) is 10.0. The summed E-state index contributed by atoms with van der Waals surface area (Å²) in [6.45, 7) is 7.38. The number of benzene rings is 3. The minimum Gasteiger partial charge on any atom is -0.506 e. The van der Waals surface area contributed by atoms with Crippen LogP contribution in [-0.2, 0) is 5.41 Å². The predicted octanol–water partition coefficient (Wildman–Crippen LogP) is 7.96. The van der Waals surface area contributed by atoms with Crippen molar-refractivity contribution in [2.45, 2.75) is 38.5 Å². The maximum absolute atomic E-state index is 14.6. The maximum atomic E-state index is 14.6. The van der Waals surface area contributed by atoms with Crippen LogP contribution in [0.25, 0.3) is 0 Å². The molecule has 0 fully saturated rings. The molecule has 0 aliphatic carbocycles. The summed E-state index contributed by atoms with van der Waals surface area (Å²) in [5, 5.41) is 24.9. The Labute approximate surface area is 249 Å². The normalized spacial score (nSPS) is 12.9. The van der Waals surface area contributed by atoms with Gasteiger partial charge in [-0.05, 0) is 74.4 Å². The number of aliphatic hydroxyl groups is 1. The molecule has 0 aromatic heterocycles. The Morgan fingerprint density at radius 3 is 1.82 bits per heavy atom. The van der Waals surface area contributed by atoms with Crippen LogP contribution in [0.2, 0.25) is 0 Å². The van der Waals surface area contributed by atoms with Crippen LogP contribution >= 0.6 is 0 Å². The van der Waals surface area contributed by atoms with Gasteiger partial charge in [0.1, 0.15) is 11.5 Å². The highest BCUT2D eigenvalue weighted by molar-refractivity contribution is 6.05. The van der Waals surface area contributed by atoms with E-state index in [4.69, 9.17) is 0 Å². The highest BCUT2D eigenvalue weighted by atomic mass is 19.4. The van der Waals surface area contributed by atoms with Gasteiger partial charge in [0.15, 0.2) is 0 Å². The Morgan fingerprint density at radius 2 is 1.32 bits per heavy atom. The summed E-state index contributed by atoms with van der Waals surface area (Å²) >= 11 is 0. The molecule has 232 valence electrons. The monoisotopic (exact) mass is 618 g/mol. The molecule has 6 nitrogen and oxygen atoms in total. The van der Waals surface area contributed by atoms with Gasteiger partial charge in [0.05, 0.1) is 11.4 Å². The third-order valence-corrected chi connectivity index (χ3v) is 6.75. The second-order valence-electron chi connectivity index (χ2n) is 10.0. The van der Waals surface area contributed by atoms with Gasteiger partial charge in [0.25, 0.3) is 11.8 Å². The summed E-state index contributed by atoms with van der Waals surface area (Å²) in [5.41, 5.74) is -6.84. The van der Waals surface area contributed by atoms with E-state index in [1.165, 1.54) is 30.3 Å². The fourth-order valence-corrected chi connectivity index (χ4v) is 4.50. The average molecular weight is 619 g/mol. The highest BCUT2D eigenvalue weighted by Gasteiger charge is 2.72. The number of aromatic hydroxyl groups is 1. The van der Waals surface area contributed by atoms with Crippen molar-refractivity contribution in [2.75, 3.05) is 5.32 Å². The Bertz CT molecular complexity index is 1640. The van der Waals surface area contributed by atoms with Crippen molar-refractivity contribution < 1.29 is 46.1 Å². The fraction of sp³-hybridized carbons (Fsp3) is 0.188. The molecule has 0 saturated heterocycles. The molecular weight excluding hydrogens is 590 g/mol. The number of alkyl halides is 6. The van der Waals surface area contributed by atoms with Gasteiger partial charge in [-0.25, -0.2) is 0 Å². The lowest BCUT2D eigenvalue weighted by Crippen LogP contribution is -2.54. The number of halogens is 6. The van der Waals surface area contributed by atoms with Gasteiger partial charge >= 0.3 is 12.4 Å². The Balaban J connectivity index is 2.05. The lowest BCUT2D eigenvalue weighted by Gasteiger charge is -2.39. The van der Waals surface area contributed by atoms with Gasteiger partial charge < -0.3 is 20.8 Å². The number of carbonyl (C=O) groups excluding carboxylic acids is 2. The van der Waals surface area contributed by atoms with Crippen LogP contribution < -0.4 is 10.6 Å². The minimum absolute atomic E-state index is 0.0547. The van der Waals surface area contributed by atoms with E-state index in [0.29, 0.717) is 42.8 Å². The summed E-state index contributed by atoms with van der Waals surface area (Å²) < 4.78 is 87.7. The van der Waals surface area contributed by atoms with Crippen LogP contribution in [0.5, 0.6) is 5.75 Å². The number of allylic oxidation sites excluding steroid dienone is 3. The Hall–Kier alpha value is -5.00. The number of aliphatic hydroxyl groups excluding tert-OH is 1. The quantitative estimate of drug-likeness (QED) is 0.0891. The molecule has 3 rings (SSSR count). The maximum Gasteiger partial charge on any atom is 0.410 e. The molecule has 0 spiro atoms. The van der Waals surface area contributed by atoms with Gasteiger partial charge in [-0.15, -0.1) is 0 Å². The van der Waals surface area contributed by atoms with Crippen molar-refractivity contribution in [3.63, 3.8) is 0 Å². The molecule has 0 radical (unpaired) electrons. The van der Waals surface area contributed by atoms with Gasteiger partial charge in [-0.2, -0.15) is 26.3 Å². The van der Waals surface area contributed by atoms with Crippen molar-refractivity contribution in [3.8, 4) is 5.75 Å². The molecule has 0 atom stereocenters. The largest absolute Gasteiger partial charge is 0.506 e. The van der Waals surface area contributed by atoms with Crippen molar-refractivity contribution in [3.05, 3.63) is 130 Å². The van der Waals surface area contributed by atoms with E-state index in [2.05, 4.69) is 17.2 Å². The topological polar surface area (TPSA) is 98.7 Å². The number of hydrogen-bond acceptors (Lipinski definition) is 4. The van der Waals surface area contributed by atoms with E-state index in [-0.39, 0.29) is 11.1 Å². The molecule has 44 heavy (non-hydrogen) atoms. The van der Waals surface area contributed by atoms with Crippen LogP contribution in [-0.4, -0.2) is 34.4 Å². The SMILES string of the molecule is C=C(NC(=O)c1cccc(C)c1)/C(O)=C\C=C(/C)C(c1ccc(O)c(NC(=O)c2cccc(C)c2)c1)(C(F)(F)F)C(F)(F)F. The molecule has 4 N–H and O–H groups in total. The lowest BCUT2D eigenvalue weighted by atomic mass is 9.72. The summed E-state index contributed by atoms with van der Waals surface area (Å²) in [5.74, 6) is -3.27. The third-order valence-electron chi connectivity index (χ3n) is 6.75. The van der Waals surface area contributed by atoms with E-state index in [9.17, 15) is 46.1 Å². The van der Waals surface area contributed by atoms with Crippen molar-refractivity contribution >= 4 is 17.5 Å². The van der Waals surface area contributed by atoms with E-state index in [0.717, 1.165) is 5.56 Å². The Kier molecular flexibility index (Phi) is 9.67. The van der Waals surface area contributed by atoms with Crippen LogP contribution in [0, 0.1) is 13.8 Å². The first-order valence-corrected chi connectivity index (χ1v) is 12.9. The molecule has 2 amide bonds.